The van der Waals surface area contributed by atoms with E-state index in [1.165, 1.54) is 34.5 Å². The van der Waals surface area contributed by atoms with Gasteiger partial charge in [-0.25, -0.2) is 0 Å². The number of carbonyl (C=O) groups is 2. The van der Waals surface area contributed by atoms with Crippen LogP contribution in [0.5, 0.6) is 23.0 Å². The van der Waals surface area contributed by atoms with Gasteiger partial charge >= 0.3 is 5.97 Å². The molecule has 0 fully saturated rings. The number of carbonyl (C=O) groups excluding carboxylic acids is 1. The number of benzene rings is 2. The Labute approximate surface area is 163 Å². The summed E-state index contributed by atoms with van der Waals surface area (Å²) >= 11 is 0. The minimum absolute atomic E-state index is 0.297. The monoisotopic (exact) mass is 389 g/mol. The van der Waals surface area contributed by atoms with Crippen LogP contribution in [0.15, 0.2) is 36.4 Å². The number of amides is 1. The second kappa shape index (κ2) is 9.50. The lowest BCUT2D eigenvalue weighted by molar-refractivity contribution is -0.137. The second-order valence-electron chi connectivity index (χ2n) is 5.81. The van der Waals surface area contributed by atoms with E-state index in [0.29, 0.717) is 34.1 Å². The van der Waals surface area contributed by atoms with Gasteiger partial charge in [0.05, 0.1) is 40.9 Å². The lowest BCUT2D eigenvalue weighted by Crippen LogP contribution is -2.30. The Morgan fingerprint density at radius 1 is 0.857 bits per heavy atom. The first-order valence-electron chi connectivity index (χ1n) is 8.40. The molecule has 1 amide bonds. The lowest BCUT2D eigenvalue weighted by atomic mass is 10.0. The normalized spacial score (nSPS) is 11.3. The molecule has 0 saturated heterocycles. The third-order valence-electron chi connectivity index (χ3n) is 4.14. The molecule has 2 rings (SSSR count). The molecule has 0 bridgehead atoms. The highest BCUT2D eigenvalue weighted by atomic mass is 16.5. The molecule has 1 unspecified atom stereocenters. The minimum Gasteiger partial charge on any atom is -0.493 e. The van der Waals surface area contributed by atoms with Gasteiger partial charge in [0.2, 0.25) is 0 Å². The van der Waals surface area contributed by atoms with Crippen molar-refractivity contribution in [3.63, 3.8) is 0 Å². The van der Waals surface area contributed by atoms with Crippen molar-refractivity contribution in [2.45, 2.75) is 12.5 Å². The van der Waals surface area contributed by atoms with Crippen LogP contribution >= 0.6 is 0 Å². The van der Waals surface area contributed by atoms with Gasteiger partial charge in [-0.2, -0.15) is 0 Å². The van der Waals surface area contributed by atoms with Crippen LogP contribution in [0.1, 0.15) is 28.4 Å². The van der Waals surface area contributed by atoms with Gasteiger partial charge in [0.1, 0.15) is 0 Å². The number of carboxylic acids is 1. The summed E-state index contributed by atoms with van der Waals surface area (Å²) in [6.45, 7) is 0. The van der Waals surface area contributed by atoms with Crippen molar-refractivity contribution >= 4 is 11.9 Å². The number of hydrogen-bond acceptors (Lipinski definition) is 6. The molecule has 0 heterocycles. The van der Waals surface area contributed by atoms with Crippen LogP contribution in [0, 0.1) is 0 Å². The molecule has 28 heavy (non-hydrogen) atoms. The first-order valence-corrected chi connectivity index (χ1v) is 8.40. The molecule has 1 atom stereocenters. The highest BCUT2D eigenvalue weighted by molar-refractivity contribution is 5.95. The van der Waals surface area contributed by atoms with Crippen molar-refractivity contribution in [2.24, 2.45) is 0 Å². The number of methoxy groups -OCH3 is 4. The topological polar surface area (TPSA) is 103 Å². The van der Waals surface area contributed by atoms with Crippen LogP contribution in [0.3, 0.4) is 0 Å². The molecule has 0 saturated carbocycles. The van der Waals surface area contributed by atoms with Crippen molar-refractivity contribution in [1.29, 1.82) is 0 Å². The van der Waals surface area contributed by atoms with Gasteiger partial charge in [-0.3, -0.25) is 9.59 Å². The Morgan fingerprint density at radius 3 is 1.93 bits per heavy atom. The van der Waals surface area contributed by atoms with Gasteiger partial charge in [0.15, 0.2) is 23.0 Å². The summed E-state index contributed by atoms with van der Waals surface area (Å²) in [4.78, 5) is 24.0. The molecule has 0 spiro atoms. The van der Waals surface area contributed by atoms with E-state index in [2.05, 4.69) is 5.32 Å². The summed E-state index contributed by atoms with van der Waals surface area (Å²) in [5, 5.41) is 12.0. The molecular formula is C20H23NO7. The molecule has 0 aliphatic rings. The molecule has 0 aliphatic heterocycles. The molecular weight excluding hydrogens is 366 g/mol. The molecule has 0 radical (unpaired) electrons. The third kappa shape index (κ3) is 4.85. The number of aliphatic carboxylic acids is 1. The Balaban J connectivity index is 2.32. The molecule has 0 aliphatic carbocycles. The van der Waals surface area contributed by atoms with Gasteiger partial charge in [-0.05, 0) is 35.9 Å². The number of ether oxygens (including phenoxy) is 4. The highest BCUT2D eigenvalue weighted by Gasteiger charge is 2.21. The maximum atomic E-state index is 12.7. The van der Waals surface area contributed by atoms with Gasteiger partial charge < -0.3 is 29.4 Å². The summed E-state index contributed by atoms with van der Waals surface area (Å²) in [7, 11) is 5.95. The molecule has 150 valence electrons. The van der Waals surface area contributed by atoms with E-state index in [-0.39, 0.29) is 6.42 Å². The number of rotatable bonds is 9. The standard InChI is InChI=1S/C20H23NO7/c1-25-15-7-5-12(9-17(15)27-3)14(11-19(22)23)21-20(24)13-6-8-16(26-2)18(10-13)28-4/h5-10,14H,11H2,1-4H3,(H,21,24)(H,22,23). The number of carboxylic acid groups (broad SMARTS) is 1. The van der Waals surface area contributed by atoms with E-state index in [0.717, 1.165) is 0 Å². The highest BCUT2D eigenvalue weighted by Crippen LogP contribution is 2.32. The van der Waals surface area contributed by atoms with Gasteiger partial charge in [-0.15, -0.1) is 0 Å². The molecule has 2 aromatic rings. The second-order valence-corrected chi connectivity index (χ2v) is 5.81. The maximum absolute atomic E-state index is 12.7. The van der Waals surface area contributed by atoms with E-state index in [1.54, 1.807) is 30.3 Å². The fraction of sp³-hybridized carbons (Fsp3) is 0.300. The van der Waals surface area contributed by atoms with Crippen LogP contribution in [-0.2, 0) is 4.79 Å². The van der Waals surface area contributed by atoms with Crippen LogP contribution < -0.4 is 24.3 Å². The summed E-state index contributed by atoms with van der Waals surface area (Å²) in [6, 6.07) is 8.93. The Kier molecular flexibility index (Phi) is 7.08. The zero-order valence-corrected chi connectivity index (χ0v) is 16.1. The first-order chi connectivity index (χ1) is 13.4. The van der Waals surface area contributed by atoms with Crippen LogP contribution in [0.25, 0.3) is 0 Å². The lowest BCUT2D eigenvalue weighted by Gasteiger charge is -2.19. The fourth-order valence-corrected chi connectivity index (χ4v) is 2.72. The van der Waals surface area contributed by atoms with Crippen molar-refractivity contribution in [3.05, 3.63) is 47.5 Å². The Hall–Kier alpha value is -3.42. The Morgan fingerprint density at radius 2 is 1.39 bits per heavy atom. The third-order valence-corrected chi connectivity index (χ3v) is 4.14. The zero-order chi connectivity index (χ0) is 20.7. The minimum atomic E-state index is -1.05. The van der Waals surface area contributed by atoms with E-state index >= 15 is 0 Å². The summed E-state index contributed by atoms with van der Waals surface area (Å²) in [5.74, 6) is 0.341. The van der Waals surface area contributed by atoms with E-state index in [4.69, 9.17) is 18.9 Å². The predicted molar refractivity (Wildman–Crippen MR) is 102 cm³/mol. The largest absolute Gasteiger partial charge is 0.493 e. The summed E-state index contributed by atoms with van der Waals surface area (Å²) in [5.41, 5.74) is 0.891. The van der Waals surface area contributed by atoms with Crippen LogP contribution in [-0.4, -0.2) is 45.4 Å². The van der Waals surface area contributed by atoms with E-state index < -0.39 is 17.9 Å². The molecule has 2 aromatic carbocycles. The van der Waals surface area contributed by atoms with Crippen molar-refractivity contribution in [1.82, 2.24) is 5.32 Å². The van der Waals surface area contributed by atoms with Gasteiger partial charge in [0.25, 0.3) is 5.91 Å². The zero-order valence-electron chi connectivity index (χ0n) is 16.1. The predicted octanol–water partition coefficient (Wildman–Crippen LogP) is 2.67. The average Bonchev–Trinajstić information content (AvgIpc) is 2.71. The summed E-state index contributed by atoms with van der Waals surface area (Å²) in [6.07, 6.45) is -0.297. The molecule has 0 aromatic heterocycles. The van der Waals surface area contributed by atoms with Crippen molar-refractivity contribution < 1.29 is 33.6 Å². The van der Waals surface area contributed by atoms with Crippen molar-refractivity contribution in [3.8, 4) is 23.0 Å². The van der Waals surface area contributed by atoms with Crippen LogP contribution in [0.2, 0.25) is 0 Å². The molecule has 8 nitrogen and oxygen atoms in total. The number of nitrogens with one attached hydrogen (secondary N) is 1. The quantitative estimate of drug-likeness (QED) is 0.679. The smallest absolute Gasteiger partial charge is 0.305 e. The first kappa shape index (κ1) is 20.9. The van der Waals surface area contributed by atoms with E-state index in [9.17, 15) is 14.7 Å². The average molecular weight is 389 g/mol. The molecule has 2 N–H and O–H groups in total. The number of hydrogen-bond donors (Lipinski definition) is 2. The SMILES string of the molecule is COc1ccc(C(=O)NC(CC(=O)O)c2ccc(OC)c(OC)c2)cc1OC. The summed E-state index contributed by atoms with van der Waals surface area (Å²) < 4.78 is 20.8. The van der Waals surface area contributed by atoms with Crippen molar-refractivity contribution in [2.75, 3.05) is 28.4 Å². The van der Waals surface area contributed by atoms with Gasteiger partial charge in [0, 0.05) is 5.56 Å². The van der Waals surface area contributed by atoms with Gasteiger partial charge in [-0.1, -0.05) is 6.07 Å². The van der Waals surface area contributed by atoms with Crippen LogP contribution in [0.4, 0.5) is 0 Å². The Bertz CT molecular complexity index is 850. The fourth-order valence-electron chi connectivity index (χ4n) is 2.72. The maximum Gasteiger partial charge on any atom is 0.305 e. The molecule has 8 heteroatoms. The van der Waals surface area contributed by atoms with E-state index in [1.807, 2.05) is 0 Å².